The summed E-state index contributed by atoms with van der Waals surface area (Å²) in [7, 11) is 0. The zero-order chi connectivity index (χ0) is 15.3. The van der Waals surface area contributed by atoms with Crippen LogP contribution in [0.1, 0.15) is 45.4 Å². The highest BCUT2D eigenvalue weighted by Gasteiger charge is 2.65. The molecule has 0 spiro atoms. The lowest BCUT2D eigenvalue weighted by Gasteiger charge is -2.63. The van der Waals surface area contributed by atoms with Crippen molar-refractivity contribution in [1.29, 1.82) is 0 Å². The van der Waals surface area contributed by atoms with Crippen LogP contribution in [-0.2, 0) is 19.1 Å². The first-order chi connectivity index (χ1) is 9.82. The number of ether oxygens (including phenoxy) is 2. The Labute approximate surface area is 125 Å². The van der Waals surface area contributed by atoms with E-state index < -0.39 is 11.2 Å². The number of hydrogen-bond acceptors (Lipinski definition) is 4. The number of esters is 2. The molecule has 21 heavy (non-hydrogen) atoms. The van der Waals surface area contributed by atoms with E-state index in [2.05, 4.69) is 20.1 Å². The van der Waals surface area contributed by atoms with Crippen LogP contribution < -0.4 is 0 Å². The molecule has 4 heteroatoms. The summed E-state index contributed by atoms with van der Waals surface area (Å²) in [5.41, 5.74) is -0.926. The molecule has 4 bridgehead atoms. The molecule has 0 aromatic heterocycles. The summed E-state index contributed by atoms with van der Waals surface area (Å²) in [6.45, 7) is 9.18. The van der Waals surface area contributed by atoms with Crippen molar-refractivity contribution in [2.75, 3.05) is 0 Å². The molecule has 4 aliphatic rings. The second-order valence-electron chi connectivity index (χ2n) is 7.44. The van der Waals surface area contributed by atoms with Crippen molar-refractivity contribution in [2.24, 2.45) is 11.3 Å². The second-order valence-corrected chi connectivity index (χ2v) is 7.44. The maximum Gasteiger partial charge on any atom is 0.330 e. The molecule has 4 rings (SSSR count). The standard InChI is InChI=1S/C17H22O4/c1-4-13(18)20-16-7-12-6-15(3,9-16)10-17(8-12,11-16)21-14(19)5-2/h4-5,12H,1-2,6-11H2,3H3. The SMILES string of the molecule is C=CC(=O)OC12CC3CC(C)(C1)CC(OC(=O)C=C)(C3)C2. The molecule has 114 valence electrons. The van der Waals surface area contributed by atoms with Crippen molar-refractivity contribution >= 4 is 11.9 Å². The Balaban J connectivity index is 1.91. The second kappa shape index (κ2) is 4.46. The molecule has 0 aliphatic heterocycles. The van der Waals surface area contributed by atoms with Crippen molar-refractivity contribution in [3.8, 4) is 0 Å². The summed E-state index contributed by atoms with van der Waals surface area (Å²) in [6.07, 6.45) is 7.59. The lowest BCUT2D eigenvalue weighted by atomic mass is 9.46. The third-order valence-electron chi connectivity index (χ3n) is 5.21. The Kier molecular flexibility index (Phi) is 3.05. The molecule has 4 saturated carbocycles. The van der Waals surface area contributed by atoms with Gasteiger partial charge in [0.15, 0.2) is 0 Å². The molecule has 2 unspecified atom stereocenters. The van der Waals surface area contributed by atoms with Gasteiger partial charge in [0.25, 0.3) is 0 Å². The minimum Gasteiger partial charge on any atom is -0.456 e. The van der Waals surface area contributed by atoms with E-state index >= 15 is 0 Å². The highest BCUT2D eigenvalue weighted by atomic mass is 16.6. The molecule has 4 fully saturated rings. The minimum absolute atomic E-state index is 0.0717. The van der Waals surface area contributed by atoms with Crippen molar-refractivity contribution in [3.05, 3.63) is 25.3 Å². The van der Waals surface area contributed by atoms with Gasteiger partial charge in [-0.1, -0.05) is 20.1 Å². The summed E-state index contributed by atoms with van der Waals surface area (Å²) in [5.74, 6) is -0.321. The quantitative estimate of drug-likeness (QED) is 0.590. The molecule has 0 heterocycles. The molecule has 4 aliphatic carbocycles. The Morgan fingerprint density at radius 2 is 1.43 bits per heavy atom. The van der Waals surface area contributed by atoms with Gasteiger partial charge in [-0.15, -0.1) is 0 Å². The first-order valence-electron chi connectivity index (χ1n) is 7.53. The molecule has 0 amide bonds. The molecule has 2 atom stereocenters. The first kappa shape index (κ1) is 14.4. The molecule has 0 radical (unpaired) electrons. The molecule has 0 aromatic carbocycles. The summed E-state index contributed by atoms with van der Waals surface area (Å²) >= 11 is 0. The Morgan fingerprint density at radius 3 is 1.81 bits per heavy atom. The highest BCUT2D eigenvalue weighted by molar-refractivity contribution is 5.82. The zero-order valence-corrected chi connectivity index (χ0v) is 12.5. The van der Waals surface area contributed by atoms with E-state index in [0.29, 0.717) is 12.3 Å². The third-order valence-corrected chi connectivity index (χ3v) is 5.21. The highest BCUT2D eigenvalue weighted by Crippen LogP contribution is 2.65. The maximum absolute atomic E-state index is 11.7. The fourth-order valence-corrected chi connectivity index (χ4v) is 5.47. The van der Waals surface area contributed by atoms with Gasteiger partial charge in [0, 0.05) is 18.6 Å². The predicted octanol–water partition coefficient (Wildman–Crippen LogP) is 2.93. The van der Waals surface area contributed by atoms with E-state index in [9.17, 15) is 9.59 Å². The van der Waals surface area contributed by atoms with Crippen molar-refractivity contribution in [2.45, 2.75) is 56.7 Å². The van der Waals surface area contributed by atoms with E-state index in [0.717, 1.165) is 32.1 Å². The lowest BCUT2D eigenvalue weighted by Crippen LogP contribution is -2.64. The van der Waals surface area contributed by atoms with Crippen LogP contribution in [0.15, 0.2) is 25.3 Å². The van der Waals surface area contributed by atoms with Gasteiger partial charge in [-0.25, -0.2) is 9.59 Å². The summed E-state index contributed by atoms with van der Waals surface area (Å²) < 4.78 is 11.5. The first-order valence-corrected chi connectivity index (χ1v) is 7.53. The van der Waals surface area contributed by atoms with E-state index in [-0.39, 0.29) is 17.4 Å². The van der Waals surface area contributed by atoms with E-state index in [1.165, 1.54) is 12.2 Å². The van der Waals surface area contributed by atoms with Crippen LogP contribution >= 0.6 is 0 Å². The molecular formula is C17H22O4. The smallest absolute Gasteiger partial charge is 0.330 e. The van der Waals surface area contributed by atoms with Crippen LogP contribution in [0.4, 0.5) is 0 Å². The number of carbonyl (C=O) groups is 2. The fourth-order valence-electron chi connectivity index (χ4n) is 5.47. The largest absolute Gasteiger partial charge is 0.456 e. The van der Waals surface area contributed by atoms with Crippen molar-refractivity contribution in [3.63, 3.8) is 0 Å². The summed E-state index contributed by atoms with van der Waals surface area (Å²) in [4.78, 5) is 23.4. The fraction of sp³-hybridized carbons (Fsp3) is 0.647. The van der Waals surface area contributed by atoms with Gasteiger partial charge in [0.05, 0.1) is 0 Å². The predicted molar refractivity (Wildman–Crippen MR) is 77.3 cm³/mol. The Bertz CT molecular complexity index is 483. The molecule has 4 nitrogen and oxygen atoms in total. The van der Waals surface area contributed by atoms with Crippen molar-refractivity contribution in [1.82, 2.24) is 0 Å². The number of hydrogen-bond donors (Lipinski definition) is 0. The average molecular weight is 290 g/mol. The van der Waals surface area contributed by atoms with E-state index in [4.69, 9.17) is 9.47 Å². The molecule has 0 aromatic rings. The maximum atomic E-state index is 11.7. The Hall–Kier alpha value is -1.58. The van der Waals surface area contributed by atoms with Crippen LogP contribution in [-0.4, -0.2) is 23.1 Å². The van der Waals surface area contributed by atoms with Gasteiger partial charge in [-0.05, 0) is 43.4 Å². The van der Waals surface area contributed by atoms with Crippen LogP contribution in [0.2, 0.25) is 0 Å². The van der Waals surface area contributed by atoms with Gasteiger partial charge in [0.1, 0.15) is 11.2 Å². The topological polar surface area (TPSA) is 52.6 Å². The number of carbonyl (C=O) groups excluding carboxylic acids is 2. The van der Waals surface area contributed by atoms with Crippen molar-refractivity contribution < 1.29 is 19.1 Å². The van der Waals surface area contributed by atoms with Crippen LogP contribution in [0.25, 0.3) is 0 Å². The van der Waals surface area contributed by atoms with Gasteiger partial charge >= 0.3 is 11.9 Å². The van der Waals surface area contributed by atoms with Gasteiger partial charge < -0.3 is 9.47 Å². The molecule has 0 saturated heterocycles. The summed E-state index contributed by atoms with van der Waals surface area (Å²) in [6, 6.07) is 0. The van der Waals surface area contributed by atoms with E-state index in [1.54, 1.807) is 0 Å². The molecule has 0 N–H and O–H groups in total. The number of rotatable bonds is 4. The average Bonchev–Trinajstić information content (AvgIpc) is 2.34. The van der Waals surface area contributed by atoms with Crippen LogP contribution in [0.5, 0.6) is 0 Å². The molecular weight excluding hydrogens is 268 g/mol. The lowest BCUT2D eigenvalue weighted by molar-refractivity contribution is -0.244. The van der Waals surface area contributed by atoms with E-state index in [1.807, 2.05) is 0 Å². The van der Waals surface area contributed by atoms with Gasteiger partial charge in [-0.2, -0.15) is 0 Å². The van der Waals surface area contributed by atoms with Crippen LogP contribution in [0, 0.1) is 11.3 Å². The summed E-state index contributed by atoms with van der Waals surface area (Å²) in [5, 5.41) is 0. The normalized spacial score (nSPS) is 43.2. The third kappa shape index (κ3) is 2.41. The monoisotopic (exact) mass is 290 g/mol. The Morgan fingerprint density at radius 1 is 0.952 bits per heavy atom. The van der Waals surface area contributed by atoms with Gasteiger partial charge in [0.2, 0.25) is 0 Å². The van der Waals surface area contributed by atoms with Crippen LogP contribution in [0.3, 0.4) is 0 Å². The zero-order valence-electron chi connectivity index (χ0n) is 12.5. The van der Waals surface area contributed by atoms with Gasteiger partial charge in [-0.3, -0.25) is 0 Å². The minimum atomic E-state index is -0.499.